The topological polar surface area (TPSA) is 82.9 Å². The van der Waals surface area contributed by atoms with Gasteiger partial charge in [0.2, 0.25) is 0 Å². The second kappa shape index (κ2) is 12.5. The van der Waals surface area contributed by atoms with Gasteiger partial charge in [0.25, 0.3) is 0 Å². The third kappa shape index (κ3) is 6.47. The van der Waals surface area contributed by atoms with E-state index in [2.05, 4.69) is 4.98 Å². The lowest BCUT2D eigenvalue weighted by atomic mass is 9.74. The number of rotatable bonds is 11. The molecule has 210 valence electrons. The van der Waals surface area contributed by atoms with E-state index in [1.54, 1.807) is 18.2 Å². The van der Waals surface area contributed by atoms with Crippen LogP contribution < -0.4 is 4.74 Å². The lowest BCUT2D eigenvalue weighted by molar-refractivity contribution is -0.153. The molecule has 11 heteroatoms. The van der Waals surface area contributed by atoms with Crippen molar-refractivity contribution in [3.8, 4) is 5.75 Å². The Bertz CT molecular complexity index is 1310. The third-order valence-electron chi connectivity index (χ3n) is 7.46. The third-order valence-corrected chi connectivity index (χ3v) is 8.52. The number of ether oxygens (including phenoxy) is 1. The molecule has 2 N–H and O–H groups in total. The summed E-state index contributed by atoms with van der Waals surface area (Å²) >= 11 is 0.949. The van der Waals surface area contributed by atoms with Crippen molar-refractivity contribution < 1.29 is 37.3 Å². The van der Waals surface area contributed by atoms with Gasteiger partial charge in [0, 0.05) is 41.6 Å². The Morgan fingerprint density at radius 2 is 1.87 bits per heavy atom. The minimum Gasteiger partial charge on any atom is -0.497 e. The Balaban J connectivity index is 1.39. The molecule has 3 aromatic rings. The van der Waals surface area contributed by atoms with E-state index in [0.717, 1.165) is 11.8 Å². The van der Waals surface area contributed by atoms with E-state index in [1.165, 1.54) is 13.3 Å². The summed E-state index contributed by atoms with van der Waals surface area (Å²) in [4.78, 5) is 18.4. The van der Waals surface area contributed by atoms with Gasteiger partial charge in [0.15, 0.2) is 0 Å². The summed E-state index contributed by atoms with van der Waals surface area (Å²) in [5.74, 6) is -2.94. The molecule has 2 aromatic carbocycles. The van der Waals surface area contributed by atoms with E-state index in [9.17, 15) is 32.6 Å². The van der Waals surface area contributed by atoms with Crippen LogP contribution in [0.25, 0.3) is 10.9 Å². The molecule has 1 saturated heterocycles. The predicted octanol–water partition coefficient (Wildman–Crippen LogP) is 5.90. The van der Waals surface area contributed by atoms with Crippen molar-refractivity contribution in [3.05, 3.63) is 65.1 Å². The summed E-state index contributed by atoms with van der Waals surface area (Å²) in [5, 5.41) is 21.8. The van der Waals surface area contributed by atoms with E-state index < -0.39 is 41.6 Å². The molecule has 1 aliphatic rings. The van der Waals surface area contributed by atoms with Gasteiger partial charge in [-0.3, -0.25) is 9.78 Å². The zero-order valence-corrected chi connectivity index (χ0v) is 22.2. The molecule has 0 bridgehead atoms. The molecule has 39 heavy (non-hydrogen) atoms. The fraction of sp³-hybridized carbons (Fsp3) is 0.429. The number of nitrogens with zero attached hydrogens (tertiary/aromatic N) is 2. The van der Waals surface area contributed by atoms with Gasteiger partial charge in [-0.2, -0.15) is 0 Å². The van der Waals surface area contributed by atoms with Gasteiger partial charge in [0.1, 0.15) is 29.9 Å². The van der Waals surface area contributed by atoms with Crippen LogP contribution in [-0.4, -0.2) is 58.6 Å². The summed E-state index contributed by atoms with van der Waals surface area (Å²) in [6.45, 7) is 0.574. The lowest BCUT2D eigenvalue weighted by Crippen LogP contribution is -2.45. The minimum atomic E-state index is -1.10. The number of carboxylic acids is 1. The minimum absolute atomic E-state index is 0.120. The quantitative estimate of drug-likeness (QED) is 0.221. The highest BCUT2D eigenvalue weighted by molar-refractivity contribution is 7.99. The average Bonchev–Trinajstić information content (AvgIpc) is 2.92. The molecule has 0 aliphatic carbocycles. The van der Waals surface area contributed by atoms with Gasteiger partial charge >= 0.3 is 5.97 Å². The van der Waals surface area contributed by atoms with Crippen LogP contribution in [0.15, 0.2) is 41.4 Å². The van der Waals surface area contributed by atoms with Gasteiger partial charge in [-0.25, -0.2) is 17.6 Å². The largest absolute Gasteiger partial charge is 0.497 e. The van der Waals surface area contributed by atoms with Crippen molar-refractivity contribution in [2.75, 3.05) is 32.5 Å². The summed E-state index contributed by atoms with van der Waals surface area (Å²) < 4.78 is 60.0. The number of piperidine rings is 1. The smallest absolute Gasteiger partial charge is 0.309 e. The number of methoxy groups -OCH3 is 1. The van der Waals surface area contributed by atoms with Crippen LogP contribution in [0.3, 0.4) is 0 Å². The lowest BCUT2D eigenvalue weighted by Gasteiger charge is -2.39. The molecule has 0 amide bonds. The molecule has 1 aromatic heterocycles. The highest BCUT2D eigenvalue weighted by Crippen LogP contribution is 2.40. The number of aliphatic hydroxyl groups is 1. The van der Waals surface area contributed by atoms with Crippen LogP contribution in [-0.2, 0) is 11.5 Å². The number of hydrogen-bond acceptors (Lipinski definition) is 6. The van der Waals surface area contributed by atoms with Crippen molar-refractivity contribution >= 4 is 28.6 Å². The van der Waals surface area contributed by atoms with E-state index in [1.807, 2.05) is 4.90 Å². The number of aromatic nitrogens is 1. The number of likely N-dealkylation sites (tertiary alicyclic amines) is 1. The first-order valence-electron chi connectivity index (χ1n) is 12.6. The highest BCUT2D eigenvalue weighted by Gasteiger charge is 2.41. The van der Waals surface area contributed by atoms with E-state index in [0.29, 0.717) is 72.6 Å². The summed E-state index contributed by atoms with van der Waals surface area (Å²) in [7, 11) is 1.50. The van der Waals surface area contributed by atoms with E-state index in [4.69, 9.17) is 4.74 Å². The number of aliphatic hydroxyl groups excluding tert-OH is 1. The van der Waals surface area contributed by atoms with Crippen LogP contribution in [0.4, 0.5) is 17.6 Å². The molecule has 1 aliphatic heterocycles. The molecule has 1 fully saturated rings. The van der Waals surface area contributed by atoms with Gasteiger partial charge in [-0.05, 0) is 62.5 Å². The Hall–Kier alpha value is -2.89. The van der Waals surface area contributed by atoms with Gasteiger partial charge in [-0.1, -0.05) is 0 Å². The molecule has 6 nitrogen and oxygen atoms in total. The first kappa shape index (κ1) is 29.1. The molecular weight excluding hydrogens is 536 g/mol. The maximum Gasteiger partial charge on any atom is 0.309 e. The normalized spacial score (nSPS) is 16.4. The zero-order chi connectivity index (χ0) is 28.2. The first-order chi connectivity index (χ1) is 18.7. The number of carbonyl (C=O) groups is 1. The zero-order valence-electron chi connectivity index (χ0n) is 21.4. The molecule has 0 saturated carbocycles. The molecule has 0 radical (unpaired) electrons. The Morgan fingerprint density at radius 3 is 2.49 bits per heavy atom. The number of halogens is 4. The van der Waals surface area contributed by atoms with E-state index in [-0.39, 0.29) is 23.3 Å². The fourth-order valence-corrected chi connectivity index (χ4v) is 6.08. The van der Waals surface area contributed by atoms with Crippen LogP contribution >= 0.6 is 11.8 Å². The molecule has 4 rings (SSSR count). The van der Waals surface area contributed by atoms with Crippen molar-refractivity contribution in [1.82, 2.24) is 9.88 Å². The number of thioether (sulfide) groups is 1. The standard InChI is InChI=1S/C28H30F4N2O4S/c1-38-19-2-3-23-20(14-19)25(17(15-29)16-33-23)24(35)4-5-28(27(36)37)6-8-34(9-7-28)10-11-39-26-21(31)12-18(30)13-22(26)32/h2-3,12-14,16,24,35H,4-11,15H2,1H3,(H,36,37)/t24-/m0/s1. The first-order valence-corrected chi connectivity index (χ1v) is 13.6. The van der Waals surface area contributed by atoms with Crippen LogP contribution in [0, 0.1) is 22.9 Å². The number of fused-ring (bicyclic) bond motifs is 1. The summed E-state index contributed by atoms with van der Waals surface area (Å²) in [6.07, 6.45) is 1.27. The number of aliphatic carboxylic acids is 1. The maximum absolute atomic E-state index is 13.9. The second-order valence-corrected chi connectivity index (χ2v) is 10.8. The number of carboxylic acid groups (broad SMARTS) is 1. The number of alkyl halides is 1. The van der Waals surface area contributed by atoms with Crippen molar-refractivity contribution in [3.63, 3.8) is 0 Å². The Kier molecular flexibility index (Phi) is 9.35. The SMILES string of the molecule is COc1ccc2ncc(CF)c([C@@H](O)CCC3(C(=O)O)CCN(CCSc4c(F)cc(F)cc4F)CC3)c2c1. The van der Waals surface area contributed by atoms with Crippen LogP contribution in [0.5, 0.6) is 5.75 Å². The summed E-state index contributed by atoms with van der Waals surface area (Å²) in [5.41, 5.74) is 0.142. The summed E-state index contributed by atoms with van der Waals surface area (Å²) in [6, 6.07) is 6.41. The number of pyridine rings is 1. The van der Waals surface area contributed by atoms with Crippen molar-refractivity contribution in [2.45, 2.75) is 43.4 Å². The predicted molar refractivity (Wildman–Crippen MR) is 140 cm³/mol. The molecule has 0 spiro atoms. The number of benzene rings is 2. The Morgan fingerprint density at radius 1 is 1.18 bits per heavy atom. The monoisotopic (exact) mass is 566 g/mol. The molecule has 0 unspecified atom stereocenters. The van der Waals surface area contributed by atoms with Crippen LogP contribution in [0.1, 0.15) is 42.9 Å². The maximum atomic E-state index is 13.9. The van der Waals surface area contributed by atoms with Crippen LogP contribution in [0.2, 0.25) is 0 Å². The number of hydrogen-bond donors (Lipinski definition) is 2. The van der Waals surface area contributed by atoms with Gasteiger partial charge < -0.3 is 19.8 Å². The highest BCUT2D eigenvalue weighted by atomic mass is 32.2. The second-order valence-electron chi connectivity index (χ2n) is 9.74. The average molecular weight is 567 g/mol. The Labute approximate surface area is 228 Å². The van der Waals surface area contributed by atoms with Crippen molar-refractivity contribution in [1.29, 1.82) is 0 Å². The van der Waals surface area contributed by atoms with Crippen molar-refractivity contribution in [2.24, 2.45) is 5.41 Å². The fourth-order valence-electron chi connectivity index (χ4n) is 5.14. The molecule has 1 atom stereocenters. The molecule has 2 heterocycles. The van der Waals surface area contributed by atoms with Gasteiger partial charge in [0.05, 0.1) is 29.0 Å². The molecular formula is C28H30F4N2O4S. The van der Waals surface area contributed by atoms with Gasteiger partial charge in [-0.15, -0.1) is 11.8 Å². The van der Waals surface area contributed by atoms with E-state index >= 15 is 0 Å².